The first-order valence-corrected chi connectivity index (χ1v) is 7.30. The number of aliphatic hydroxyl groups is 1. The summed E-state index contributed by atoms with van der Waals surface area (Å²) in [6.45, 7) is 1.30. The zero-order chi connectivity index (χ0) is 18.4. The minimum Gasteiger partial charge on any atom is -0.491 e. The summed E-state index contributed by atoms with van der Waals surface area (Å²) in [6, 6.07) is 4.32. The SMILES string of the molecule is Cc1cnc(C(=O)NC[C@H](O)COc2cccc(C(F)(F)F)c2)cn1. The van der Waals surface area contributed by atoms with E-state index in [2.05, 4.69) is 15.3 Å². The number of hydrogen-bond acceptors (Lipinski definition) is 5. The van der Waals surface area contributed by atoms with Gasteiger partial charge in [0.15, 0.2) is 0 Å². The predicted molar refractivity (Wildman–Crippen MR) is 82.0 cm³/mol. The van der Waals surface area contributed by atoms with Gasteiger partial charge in [0, 0.05) is 12.7 Å². The fourth-order valence-electron chi connectivity index (χ4n) is 1.82. The van der Waals surface area contributed by atoms with Gasteiger partial charge in [-0.15, -0.1) is 0 Å². The van der Waals surface area contributed by atoms with Crippen LogP contribution in [0.2, 0.25) is 0 Å². The lowest BCUT2D eigenvalue weighted by Gasteiger charge is -2.14. The molecule has 0 fully saturated rings. The van der Waals surface area contributed by atoms with Crippen LogP contribution in [0.15, 0.2) is 36.7 Å². The number of alkyl halides is 3. The standard InChI is InChI=1S/C16H16F3N3O3/c1-10-6-21-14(8-20-10)15(24)22-7-12(23)9-25-13-4-2-3-11(5-13)16(17,18)19/h2-6,8,12,23H,7,9H2,1H3,(H,22,24)/t12-/m0/s1. The predicted octanol–water partition coefficient (Wildman–Crippen LogP) is 1.97. The highest BCUT2D eigenvalue weighted by Gasteiger charge is 2.30. The van der Waals surface area contributed by atoms with Crippen LogP contribution >= 0.6 is 0 Å². The van der Waals surface area contributed by atoms with Crippen LogP contribution in [0, 0.1) is 6.92 Å². The van der Waals surface area contributed by atoms with Crippen molar-refractivity contribution in [2.75, 3.05) is 13.2 Å². The number of nitrogens with zero attached hydrogens (tertiary/aromatic N) is 2. The van der Waals surface area contributed by atoms with Gasteiger partial charge in [0.05, 0.1) is 17.5 Å². The molecule has 2 rings (SSSR count). The maximum absolute atomic E-state index is 12.6. The Balaban J connectivity index is 1.82. The van der Waals surface area contributed by atoms with Gasteiger partial charge in [-0.05, 0) is 25.1 Å². The van der Waals surface area contributed by atoms with E-state index in [1.807, 2.05) is 0 Å². The number of nitrogens with one attached hydrogen (secondary N) is 1. The van der Waals surface area contributed by atoms with Gasteiger partial charge in [-0.1, -0.05) is 6.07 Å². The van der Waals surface area contributed by atoms with E-state index in [1.165, 1.54) is 24.5 Å². The number of carbonyl (C=O) groups excluding carboxylic acids is 1. The maximum atomic E-state index is 12.6. The summed E-state index contributed by atoms with van der Waals surface area (Å²) in [5.41, 5.74) is -0.0894. The maximum Gasteiger partial charge on any atom is 0.416 e. The highest BCUT2D eigenvalue weighted by molar-refractivity contribution is 5.91. The van der Waals surface area contributed by atoms with Crippen LogP contribution in [0.25, 0.3) is 0 Å². The third-order valence-electron chi connectivity index (χ3n) is 3.12. The number of amides is 1. The molecule has 1 heterocycles. The zero-order valence-corrected chi connectivity index (χ0v) is 13.2. The number of aliphatic hydroxyl groups excluding tert-OH is 1. The molecule has 1 atom stereocenters. The summed E-state index contributed by atoms with van der Waals surface area (Å²) in [5, 5.41) is 12.2. The van der Waals surface area contributed by atoms with E-state index in [1.54, 1.807) is 6.92 Å². The summed E-state index contributed by atoms with van der Waals surface area (Å²) >= 11 is 0. The fourth-order valence-corrected chi connectivity index (χ4v) is 1.82. The van der Waals surface area contributed by atoms with Crippen LogP contribution in [0.1, 0.15) is 21.7 Å². The molecule has 0 saturated heterocycles. The highest BCUT2D eigenvalue weighted by atomic mass is 19.4. The zero-order valence-electron chi connectivity index (χ0n) is 13.2. The Bertz CT molecular complexity index is 721. The van der Waals surface area contributed by atoms with E-state index in [0.717, 1.165) is 12.1 Å². The Hall–Kier alpha value is -2.68. The van der Waals surface area contributed by atoms with Gasteiger partial charge in [0.2, 0.25) is 0 Å². The first-order chi connectivity index (χ1) is 11.8. The van der Waals surface area contributed by atoms with Gasteiger partial charge in [-0.25, -0.2) is 4.98 Å². The normalized spacial score (nSPS) is 12.5. The smallest absolute Gasteiger partial charge is 0.416 e. The van der Waals surface area contributed by atoms with Gasteiger partial charge >= 0.3 is 6.18 Å². The number of aryl methyl sites for hydroxylation is 1. The second kappa shape index (κ2) is 7.93. The fraction of sp³-hybridized carbons (Fsp3) is 0.312. The third kappa shape index (κ3) is 5.71. The largest absolute Gasteiger partial charge is 0.491 e. The Morgan fingerprint density at radius 2 is 2.08 bits per heavy atom. The van der Waals surface area contributed by atoms with Crippen molar-refractivity contribution in [1.82, 2.24) is 15.3 Å². The molecule has 1 amide bonds. The summed E-state index contributed by atoms with van der Waals surface area (Å²) in [6.07, 6.45) is -2.84. The van der Waals surface area contributed by atoms with Gasteiger partial charge < -0.3 is 15.2 Å². The van der Waals surface area contributed by atoms with Crippen LogP contribution in [0.4, 0.5) is 13.2 Å². The topological polar surface area (TPSA) is 84.3 Å². The molecule has 0 unspecified atom stereocenters. The highest BCUT2D eigenvalue weighted by Crippen LogP contribution is 2.31. The number of halogens is 3. The van der Waals surface area contributed by atoms with Gasteiger partial charge in [0.25, 0.3) is 5.91 Å². The quantitative estimate of drug-likeness (QED) is 0.828. The summed E-state index contributed by atoms with van der Waals surface area (Å²) < 4.78 is 42.9. The minimum absolute atomic E-state index is 0.0235. The van der Waals surface area contributed by atoms with Gasteiger partial charge in [-0.3, -0.25) is 9.78 Å². The molecule has 2 N–H and O–H groups in total. The summed E-state index contributed by atoms with van der Waals surface area (Å²) in [7, 11) is 0. The second-order valence-electron chi connectivity index (χ2n) is 5.24. The molecule has 0 bridgehead atoms. The number of benzene rings is 1. The first-order valence-electron chi connectivity index (χ1n) is 7.30. The summed E-state index contributed by atoms with van der Waals surface area (Å²) in [5.74, 6) is -0.546. The first kappa shape index (κ1) is 18.7. The molecule has 0 aliphatic carbocycles. The Labute approximate surface area is 141 Å². The van der Waals surface area contributed by atoms with E-state index in [-0.39, 0.29) is 24.6 Å². The molecule has 2 aromatic rings. The molecule has 6 nitrogen and oxygen atoms in total. The van der Waals surface area contributed by atoms with Crippen LogP contribution in [0.3, 0.4) is 0 Å². The van der Waals surface area contributed by atoms with Crippen molar-refractivity contribution >= 4 is 5.91 Å². The molecular weight excluding hydrogens is 339 g/mol. The molecule has 0 aliphatic heterocycles. The molecule has 134 valence electrons. The lowest BCUT2D eigenvalue weighted by molar-refractivity contribution is -0.137. The molecule has 0 spiro atoms. The monoisotopic (exact) mass is 355 g/mol. The van der Waals surface area contributed by atoms with Crippen molar-refractivity contribution in [1.29, 1.82) is 0 Å². The third-order valence-corrected chi connectivity index (χ3v) is 3.12. The average Bonchev–Trinajstić information content (AvgIpc) is 2.58. The Morgan fingerprint density at radius 3 is 2.72 bits per heavy atom. The number of hydrogen-bond donors (Lipinski definition) is 2. The Morgan fingerprint density at radius 1 is 1.32 bits per heavy atom. The van der Waals surface area contributed by atoms with Crippen molar-refractivity contribution in [3.05, 3.63) is 53.6 Å². The average molecular weight is 355 g/mol. The molecule has 25 heavy (non-hydrogen) atoms. The molecule has 0 saturated carbocycles. The van der Waals surface area contributed by atoms with Crippen molar-refractivity contribution in [3.63, 3.8) is 0 Å². The lowest BCUT2D eigenvalue weighted by atomic mass is 10.2. The molecule has 9 heteroatoms. The van der Waals surface area contributed by atoms with E-state index in [9.17, 15) is 23.1 Å². The number of carbonyl (C=O) groups is 1. The van der Waals surface area contributed by atoms with E-state index in [4.69, 9.17) is 4.74 Å². The van der Waals surface area contributed by atoms with Gasteiger partial charge in [-0.2, -0.15) is 13.2 Å². The molecular formula is C16H16F3N3O3. The molecule has 1 aromatic carbocycles. The minimum atomic E-state index is -4.47. The van der Waals surface area contributed by atoms with Crippen LogP contribution < -0.4 is 10.1 Å². The second-order valence-corrected chi connectivity index (χ2v) is 5.24. The van der Waals surface area contributed by atoms with Gasteiger partial charge in [0.1, 0.15) is 24.2 Å². The number of ether oxygens (including phenoxy) is 1. The van der Waals surface area contributed by atoms with Crippen molar-refractivity contribution in [2.24, 2.45) is 0 Å². The van der Waals surface area contributed by atoms with E-state index < -0.39 is 23.8 Å². The number of aromatic nitrogens is 2. The van der Waals surface area contributed by atoms with E-state index >= 15 is 0 Å². The number of rotatable bonds is 6. The van der Waals surface area contributed by atoms with Crippen molar-refractivity contribution < 1.29 is 27.8 Å². The molecule has 0 aliphatic rings. The van der Waals surface area contributed by atoms with Crippen LogP contribution in [-0.2, 0) is 6.18 Å². The lowest BCUT2D eigenvalue weighted by Crippen LogP contribution is -2.35. The van der Waals surface area contributed by atoms with Crippen molar-refractivity contribution in [3.8, 4) is 5.75 Å². The molecule has 0 radical (unpaired) electrons. The van der Waals surface area contributed by atoms with E-state index in [0.29, 0.717) is 5.69 Å². The van der Waals surface area contributed by atoms with Crippen LogP contribution in [-0.4, -0.2) is 40.2 Å². The molecule has 1 aromatic heterocycles. The van der Waals surface area contributed by atoms with Crippen molar-refractivity contribution in [2.45, 2.75) is 19.2 Å². The Kier molecular flexibility index (Phi) is 5.92. The van der Waals surface area contributed by atoms with Crippen LogP contribution in [0.5, 0.6) is 5.75 Å². The summed E-state index contributed by atoms with van der Waals surface area (Å²) in [4.78, 5) is 19.6.